The van der Waals surface area contributed by atoms with Crippen LogP contribution >= 0.6 is 0 Å². The van der Waals surface area contributed by atoms with Gasteiger partial charge in [0, 0.05) is 18.7 Å². The second-order valence-electron chi connectivity index (χ2n) is 8.63. The molecule has 1 atom stereocenters. The maximum atomic E-state index is 14.8. The lowest BCUT2D eigenvalue weighted by Crippen LogP contribution is -2.46. The molecule has 0 spiro atoms. The Morgan fingerprint density at radius 3 is 2.50 bits per heavy atom. The van der Waals surface area contributed by atoms with Gasteiger partial charge in [0.1, 0.15) is 23.2 Å². The van der Waals surface area contributed by atoms with Crippen molar-refractivity contribution in [1.82, 2.24) is 4.90 Å². The van der Waals surface area contributed by atoms with Crippen molar-refractivity contribution in [3.8, 4) is 22.6 Å². The highest BCUT2D eigenvalue weighted by molar-refractivity contribution is 7.86. The van der Waals surface area contributed by atoms with Crippen molar-refractivity contribution in [3.05, 3.63) is 83.7 Å². The summed E-state index contributed by atoms with van der Waals surface area (Å²) in [5, 5.41) is 0. The Kier molecular flexibility index (Phi) is 5.91. The average molecular weight is 509 g/mol. The van der Waals surface area contributed by atoms with Gasteiger partial charge in [-0.05, 0) is 59.5 Å². The molecule has 5 rings (SSSR count). The van der Waals surface area contributed by atoms with Crippen LogP contribution < -0.4 is 14.7 Å². The Labute approximate surface area is 209 Å². The molecule has 0 saturated heterocycles. The minimum absolute atomic E-state index is 0.181. The number of benzene rings is 3. The fourth-order valence-corrected chi connectivity index (χ4v) is 5.13. The Balaban J connectivity index is 1.69. The number of ether oxygens (including phenoxy) is 1. The van der Waals surface area contributed by atoms with Crippen molar-refractivity contribution >= 4 is 21.9 Å². The van der Waals surface area contributed by atoms with Crippen LogP contribution in [0.25, 0.3) is 11.1 Å². The summed E-state index contributed by atoms with van der Waals surface area (Å²) in [5.41, 5.74) is 7.77. The van der Waals surface area contributed by atoms with E-state index in [0.29, 0.717) is 41.8 Å². The molecule has 3 aromatic carbocycles. The molecule has 36 heavy (non-hydrogen) atoms. The standard InChI is InChI=1S/C26H25FN4O4S/c1-34-21-11-12-23(27)22(16-21)17-5-3-6-19(15-17)26(24-29-13-4-14-31(24)25(28)30-26)18-7-9-20(10-8-18)35-36(2,32)33/h3,5-12,15-16H,4,13-14H2,1-2H3,(H2,28,30). The predicted octanol–water partition coefficient (Wildman–Crippen LogP) is 3.52. The van der Waals surface area contributed by atoms with E-state index in [1.165, 1.54) is 13.2 Å². The average Bonchev–Trinajstić information content (AvgIpc) is 3.17. The minimum atomic E-state index is -3.68. The van der Waals surface area contributed by atoms with E-state index in [1.54, 1.807) is 36.4 Å². The quantitative estimate of drug-likeness (QED) is 0.511. The predicted molar refractivity (Wildman–Crippen MR) is 136 cm³/mol. The molecule has 1 unspecified atom stereocenters. The van der Waals surface area contributed by atoms with Gasteiger partial charge in [-0.15, -0.1) is 0 Å². The molecule has 0 fully saturated rings. The van der Waals surface area contributed by atoms with Crippen molar-refractivity contribution in [2.24, 2.45) is 15.7 Å². The Hall–Kier alpha value is -3.92. The summed E-state index contributed by atoms with van der Waals surface area (Å²) in [6.45, 7) is 1.30. The third-order valence-electron chi connectivity index (χ3n) is 6.22. The monoisotopic (exact) mass is 508 g/mol. The van der Waals surface area contributed by atoms with E-state index in [9.17, 15) is 12.8 Å². The van der Waals surface area contributed by atoms with Gasteiger partial charge in [-0.3, -0.25) is 9.89 Å². The molecule has 0 bridgehead atoms. The number of nitrogens with zero attached hydrogens (tertiary/aromatic N) is 3. The first-order valence-corrected chi connectivity index (χ1v) is 13.2. The SMILES string of the molecule is COc1ccc(F)c(-c2cccc(C3(c4ccc(OS(C)(=O)=O)cc4)N=C(N)N4CCCN=C43)c2)c1. The van der Waals surface area contributed by atoms with Crippen molar-refractivity contribution in [3.63, 3.8) is 0 Å². The number of halogens is 1. The molecule has 2 N–H and O–H groups in total. The van der Waals surface area contributed by atoms with Gasteiger partial charge in [-0.1, -0.05) is 30.3 Å². The third kappa shape index (κ3) is 4.17. The summed E-state index contributed by atoms with van der Waals surface area (Å²) >= 11 is 0. The zero-order valence-electron chi connectivity index (χ0n) is 19.8. The molecule has 0 aliphatic carbocycles. The van der Waals surface area contributed by atoms with Crippen LogP contribution in [0.5, 0.6) is 11.5 Å². The maximum Gasteiger partial charge on any atom is 0.306 e. The number of rotatable bonds is 6. The van der Waals surface area contributed by atoms with Crippen molar-refractivity contribution in [2.75, 3.05) is 26.5 Å². The number of hydrogen-bond acceptors (Lipinski definition) is 8. The first-order chi connectivity index (χ1) is 17.2. The first kappa shape index (κ1) is 23.8. The molecule has 2 heterocycles. The molecule has 10 heteroatoms. The van der Waals surface area contributed by atoms with Crippen molar-refractivity contribution in [2.45, 2.75) is 12.0 Å². The molecule has 8 nitrogen and oxygen atoms in total. The fourth-order valence-electron chi connectivity index (χ4n) is 4.66. The number of guanidine groups is 1. The van der Waals surface area contributed by atoms with Gasteiger partial charge in [0.2, 0.25) is 0 Å². The highest BCUT2D eigenvalue weighted by Gasteiger charge is 2.49. The molecule has 2 aliphatic rings. The lowest BCUT2D eigenvalue weighted by Gasteiger charge is -2.33. The van der Waals surface area contributed by atoms with Crippen LogP contribution in [-0.4, -0.2) is 51.6 Å². The normalized spacial score (nSPS) is 19.4. The van der Waals surface area contributed by atoms with Gasteiger partial charge in [0.05, 0.1) is 13.4 Å². The van der Waals surface area contributed by atoms with Crippen molar-refractivity contribution < 1.29 is 21.7 Å². The first-order valence-electron chi connectivity index (χ1n) is 11.3. The second-order valence-corrected chi connectivity index (χ2v) is 10.2. The topological polar surface area (TPSA) is 107 Å². The summed E-state index contributed by atoms with van der Waals surface area (Å²) in [7, 11) is -2.14. The number of methoxy groups -OCH3 is 1. The third-order valence-corrected chi connectivity index (χ3v) is 6.72. The molecule has 0 saturated carbocycles. The molecular formula is C26H25FN4O4S. The zero-order chi connectivity index (χ0) is 25.5. The lowest BCUT2D eigenvalue weighted by atomic mass is 9.81. The number of aliphatic imine (C=N–C) groups is 2. The molecule has 0 radical (unpaired) electrons. The van der Waals surface area contributed by atoms with E-state index in [1.807, 2.05) is 29.2 Å². The van der Waals surface area contributed by atoms with E-state index in [4.69, 9.17) is 24.6 Å². The van der Waals surface area contributed by atoms with Crippen LogP contribution in [0.3, 0.4) is 0 Å². The van der Waals surface area contributed by atoms with E-state index < -0.39 is 15.7 Å². The number of amidine groups is 1. The molecule has 0 amide bonds. The van der Waals surface area contributed by atoms with E-state index >= 15 is 0 Å². The summed E-state index contributed by atoms with van der Waals surface area (Å²) in [6.07, 6.45) is 1.83. The minimum Gasteiger partial charge on any atom is -0.497 e. The van der Waals surface area contributed by atoms with E-state index in [0.717, 1.165) is 23.8 Å². The van der Waals surface area contributed by atoms with E-state index in [2.05, 4.69) is 0 Å². The lowest BCUT2D eigenvalue weighted by molar-refractivity contribution is 0.414. The highest BCUT2D eigenvalue weighted by Crippen LogP contribution is 2.43. The van der Waals surface area contributed by atoms with Crippen LogP contribution in [0.1, 0.15) is 17.5 Å². The van der Waals surface area contributed by atoms with E-state index in [-0.39, 0.29) is 11.6 Å². The fraction of sp³-hybridized carbons (Fsp3) is 0.231. The van der Waals surface area contributed by atoms with Crippen LogP contribution in [0.15, 0.2) is 76.7 Å². The smallest absolute Gasteiger partial charge is 0.306 e. The van der Waals surface area contributed by atoms with Gasteiger partial charge in [-0.25, -0.2) is 9.38 Å². The highest BCUT2D eigenvalue weighted by atomic mass is 32.2. The largest absolute Gasteiger partial charge is 0.497 e. The Bertz CT molecular complexity index is 1490. The summed E-state index contributed by atoms with van der Waals surface area (Å²) < 4.78 is 48.3. The number of fused-ring (bicyclic) bond motifs is 1. The molecule has 3 aromatic rings. The van der Waals surface area contributed by atoms with Gasteiger partial charge in [0.25, 0.3) is 0 Å². The Morgan fingerprint density at radius 1 is 1.03 bits per heavy atom. The van der Waals surface area contributed by atoms with Crippen LogP contribution in [0.2, 0.25) is 0 Å². The van der Waals surface area contributed by atoms with Crippen LogP contribution in [0, 0.1) is 5.82 Å². The van der Waals surface area contributed by atoms with Crippen LogP contribution in [0.4, 0.5) is 4.39 Å². The molecule has 0 aromatic heterocycles. The second kappa shape index (κ2) is 8.94. The van der Waals surface area contributed by atoms with Crippen LogP contribution in [-0.2, 0) is 15.7 Å². The van der Waals surface area contributed by atoms with Gasteiger partial charge in [-0.2, -0.15) is 8.42 Å². The Morgan fingerprint density at radius 2 is 1.78 bits per heavy atom. The zero-order valence-corrected chi connectivity index (χ0v) is 20.6. The molecule has 2 aliphatic heterocycles. The molecule has 186 valence electrons. The molecular weight excluding hydrogens is 483 g/mol. The van der Waals surface area contributed by atoms with Gasteiger partial charge < -0.3 is 14.7 Å². The summed E-state index contributed by atoms with van der Waals surface area (Å²) in [5.74, 6) is 1.35. The number of nitrogens with two attached hydrogens (primary N) is 1. The summed E-state index contributed by atoms with van der Waals surface area (Å²) in [4.78, 5) is 11.6. The summed E-state index contributed by atoms with van der Waals surface area (Å²) in [6, 6.07) is 18.7. The van der Waals surface area contributed by atoms with Crippen molar-refractivity contribution in [1.29, 1.82) is 0 Å². The maximum absolute atomic E-state index is 14.8. The van der Waals surface area contributed by atoms with Gasteiger partial charge >= 0.3 is 10.1 Å². The van der Waals surface area contributed by atoms with Gasteiger partial charge in [0.15, 0.2) is 11.5 Å². The number of hydrogen-bond donors (Lipinski definition) is 1.